The van der Waals surface area contributed by atoms with Gasteiger partial charge in [-0.05, 0) is 26.7 Å². The number of ether oxygens (including phenoxy) is 1. The van der Waals surface area contributed by atoms with Crippen LogP contribution < -0.4 is 5.32 Å². The van der Waals surface area contributed by atoms with Crippen LogP contribution in [0.3, 0.4) is 0 Å². The average Bonchev–Trinajstić information content (AvgIpc) is 2.71. The van der Waals surface area contributed by atoms with Crippen molar-refractivity contribution in [3.05, 3.63) is 16.1 Å². The number of nitrogens with zero attached hydrogens (tertiary/aromatic N) is 1. The van der Waals surface area contributed by atoms with Gasteiger partial charge in [-0.3, -0.25) is 0 Å². The summed E-state index contributed by atoms with van der Waals surface area (Å²) in [6, 6.07) is -0.372. The fourth-order valence-electron chi connectivity index (χ4n) is 1.48. The van der Waals surface area contributed by atoms with Crippen LogP contribution in [0.5, 0.6) is 0 Å². The summed E-state index contributed by atoms with van der Waals surface area (Å²) in [5.74, 6) is -1.01. The number of hydrogen-bond acceptors (Lipinski definition) is 5. The van der Waals surface area contributed by atoms with Gasteiger partial charge in [0, 0.05) is 5.38 Å². The molecule has 0 saturated carbocycles. The molecule has 1 aromatic rings. The Labute approximate surface area is 122 Å². The molecular weight excluding hydrogens is 280 g/mol. The van der Waals surface area contributed by atoms with E-state index in [-0.39, 0.29) is 17.7 Å². The molecule has 0 saturated heterocycles. The van der Waals surface area contributed by atoms with Crippen molar-refractivity contribution in [3.8, 4) is 0 Å². The molecule has 112 valence electrons. The van der Waals surface area contributed by atoms with Crippen LogP contribution in [0.2, 0.25) is 0 Å². The van der Waals surface area contributed by atoms with Gasteiger partial charge in [-0.1, -0.05) is 13.8 Å². The number of carboxylic acids is 1. The number of aromatic carboxylic acids is 1. The molecule has 1 heterocycles. The van der Waals surface area contributed by atoms with Crippen LogP contribution in [0.15, 0.2) is 5.38 Å². The van der Waals surface area contributed by atoms with E-state index in [1.165, 1.54) is 16.7 Å². The van der Waals surface area contributed by atoms with Crippen LogP contribution in [0.1, 0.15) is 56.2 Å². The van der Waals surface area contributed by atoms with Gasteiger partial charge >= 0.3 is 12.1 Å². The molecule has 2 N–H and O–H groups in total. The number of aromatic nitrogens is 1. The van der Waals surface area contributed by atoms with E-state index in [0.29, 0.717) is 5.01 Å². The molecular formula is C13H20N2O4S. The Morgan fingerprint density at radius 1 is 1.40 bits per heavy atom. The SMILES string of the molecule is CC(C)C(NC(=O)OC(C)(C)C)c1nc(C(=O)O)cs1. The van der Waals surface area contributed by atoms with Crippen molar-refractivity contribution in [1.29, 1.82) is 0 Å². The first-order valence-electron chi connectivity index (χ1n) is 6.28. The Kier molecular flexibility index (Phi) is 5.10. The molecule has 0 fully saturated rings. The zero-order chi connectivity index (χ0) is 15.5. The highest BCUT2D eigenvalue weighted by Crippen LogP contribution is 2.25. The molecule has 0 radical (unpaired) electrons. The highest BCUT2D eigenvalue weighted by molar-refractivity contribution is 7.09. The zero-order valence-corrected chi connectivity index (χ0v) is 13.1. The van der Waals surface area contributed by atoms with Gasteiger partial charge in [-0.2, -0.15) is 0 Å². The van der Waals surface area contributed by atoms with Crippen LogP contribution in [-0.2, 0) is 4.74 Å². The van der Waals surface area contributed by atoms with E-state index < -0.39 is 17.7 Å². The predicted molar refractivity (Wildman–Crippen MR) is 76.0 cm³/mol. The molecule has 1 rings (SSSR count). The van der Waals surface area contributed by atoms with Crippen LogP contribution in [0.4, 0.5) is 4.79 Å². The van der Waals surface area contributed by atoms with Gasteiger partial charge in [-0.15, -0.1) is 11.3 Å². The minimum atomic E-state index is -1.08. The number of carbonyl (C=O) groups is 2. The lowest BCUT2D eigenvalue weighted by Gasteiger charge is -2.24. The van der Waals surface area contributed by atoms with Crippen molar-refractivity contribution in [1.82, 2.24) is 10.3 Å². The van der Waals surface area contributed by atoms with Gasteiger partial charge in [-0.25, -0.2) is 14.6 Å². The number of amides is 1. The highest BCUT2D eigenvalue weighted by atomic mass is 32.1. The summed E-state index contributed by atoms with van der Waals surface area (Å²) in [6.07, 6.45) is -0.539. The quantitative estimate of drug-likeness (QED) is 0.892. The van der Waals surface area contributed by atoms with Crippen molar-refractivity contribution in [2.75, 3.05) is 0 Å². The normalized spacial score (nSPS) is 13.1. The molecule has 1 aromatic heterocycles. The van der Waals surface area contributed by atoms with Crippen molar-refractivity contribution in [3.63, 3.8) is 0 Å². The van der Waals surface area contributed by atoms with Gasteiger partial charge in [0.05, 0.1) is 6.04 Å². The standard InChI is InChI=1S/C13H20N2O4S/c1-7(2)9(15-12(18)19-13(3,4)5)10-14-8(6-20-10)11(16)17/h6-7,9H,1-5H3,(H,15,18)(H,16,17). The van der Waals surface area contributed by atoms with E-state index in [2.05, 4.69) is 10.3 Å². The Morgan fingerprint density at radius 3 is 2.40 bits per heavy atom. The molecule has 20 heavy (non-hydrogen) atoms. The lowest BCUT2D eigenvalue weighted by molar-refractivity contribution is 0.0489. The third-order valence-electron chi connectivity index (χ3n) is 2.35. The maximum Gasteiger partial charge on any atom is 0.408 e. The number of carboxylic acid groups (broad SMARTS) is 1. The van der Waals surface area contributed by atoms with Gasteiger partial charge < -0.3 is 15.2 Å². The Hall–Kier alpha value is -1.63. The molecule has 1 unspecified atom stereocenters. The Balaban J connectivity index is 2.84. The lowest BCUT2D eigenvalue weighted by atomic mass is 10.1. The third kappa shape index (κ3) is 4.80. The maximum absolute atomic E-state index is 11.8. The fraction of sp³-hybridized carbons (Fsp3) is 0.615. The maximum atomic E-state index is 11.8. The summed E-state index contributed by atoms with van der Waals surface area (Å²) >= 11 is 1.21. The molecule has 1 amide bonds. The number of carbonyl (C=O) groups excluding carboxylic acids is 1. The Morgan fingerprint density at radius 2 is 2.00 bits per heavy atom. The largest absolute Gasteiger partial charge is 0.476 e. The van der Waals surface area contributed by atoms with E-state index in [0.717, 1.165) is 0 Å². The fourth-order valence-corrected chi connectivity index (χ4v) is 2.49. The zero-order valence-electron chi connectivity index (χ0n) is 12.3. The van der Waals surface area contributed by atoms with Crippen molar-refractivity contribution < 1.29 is 19.4 Å². The molecule has 1 atom stereocenters. The molecule has 0 aliphatic carbocycles. The second-order valence-corrected chi connectivity index (χ2v) is 6.63. The van der Waals surface area contributed by atoms with Crippen molar-refractivity contribution in [2.45, 2.75) is 46.3 Å². The first kappa shape index (κ1) is 16.4. The number of rotatable bonds is 4. The molecule has 0 bridgehead atoms. The number of hydrogen-bond donors (Lipinski definition) is 2. The van der Waals surface area contributed by atoms with Gasteiger partial charge in [0.2, 0.25) is 0 Å². The molecule has 6 nitrogen and oxygen atoms in total. The van der Waals surface area contributed by atoms with Crippen LogP contribution in [0, 0.1) is 5.92 Å². The van der Waals surface area contributed by atoms with Gasteiger partial charge in [0.15, 0.2) is 5.69 Å². The second kappa shape index (κ2) is 6.21. The molecule has 0 spiro atoms. The van der Waals surface area contributed by atoms with Crippen molar-refractivity contribution >= 4 is 23.4 Å². The molecule has 0 aliphatic rings. The Bertz CT molecular complexity index is 491. The number of alkyl carbamates (subject to hydrolysis) is 1. The van der Waals surface area contributed by atoms with Gasteiger partial charge in [0.25, 0.3) is 0 Å². The highest BCUT2D eigenvalue weighted by Gasteiger charge is 2.25. The van der Waals surface area contributed by atoms with E-state index >= 15 is 0 Å². The minimum absolute atomic E-state index is 0.0124. The average molecular weight is 300 g/mol. The molecule has 0 aromatic carbocycles. The summed E-state index contributed by atoms with van der Waals surface area (Å²) in [7, 11) is 0. The van der Waals surface area contributed by atoms with Crippen LogP contribution >= 0.6 is 11.3 Å². The second-order valence-electron chi connectivity index (χ2n) is 5.74. The summed E-state index contributed by atoms with van der Waals surface area (Å²) < 4.78 is 5.20. The van der Waals surface area contributed by atoms with Crippen LogP contribution in [-0.4, -0.2) is 27.8 Å². The minimum Gasteiger partial charge on any atom is -0.476 e. The number of nitrogens with one attached hydrogen (secondary N) is 1. The van der Waals surface area contributed by atoms with E-state index in [1.54, 1.807) is 20.8 Å². The third-order valence-corrected chi connectivity index (χ3v) is 3.27. The summed E-state index contributed by atoms with van der Waals surface area (Å²) in [4.78, 5) is 26.7. The van der Waals surface area contributed by atoms with Crippen LogP contribution in [0.25, 0.3) is 0 Å². The first-order valence-corrected chi connectivity index (χ1v) is 7.16. The monoisotopic (exact) mass is 300 g/mol. The summed E-state index contributed by atoms with van der Waals surface area (Å²) in [5, 5.41) is 13.6. The molecule has 7 heteroatoms. The first-order chi connectivity index (χ1) is 9.10. The van der Waals surface area contributed by atoms with Crippen molar-refractivity contribution in [2.24, 2.45) is 5.92 Å². The summed E-state index contributed by atoms with van der Waals surface area (Å²) in [6.45, 7) is 9.18. The molecule has 0 aliphatic heterocycles. The summed E-state index contributed by atoms with van der Waals surface area (Å²) in [5.41, 5.74) is -0.595. The van der Waals surface area contributed by atoms with E-state index in [4.69, 9.17) is 9.84 Å². The smallest absolute Gasteiger partial charge is 0.408 e. The van der Waals surface area contributed by atoms with Gasteiger partial charge in [0.1, 0.15) is 10.6 Å². The van der Waals surface area contributed by atoms with E-state index in [1.807, 2.05) is 13.8 Å². The number of thiazole rings is 1. The van der Waals surface area contributed by atoms with E-state index in [9.17, 15) is 9.59 Å². The predicted octanol–water partition coefficient (Wildman–Crippen LogP) is 3.06. The lowest BCUT2D eigenvalue weighted by Crippen LogP contribution is -2.36. The topological polar surface area (TPSA) is 88.5 Å².